The summed E-state index contributed by atoms with van der Waals surface area (Å²) in [4.78, 5) is 0. The molecule has 0 radical (unpaired) electrons. The number of likely N-dealkylation sites (N-methyl/N-ethyl adjacent to an activating group) is 1. The van der Waals surface area contributed by atoms with Gasteiger partial charge in [-0.3, -0.25) is 0 Å². The largest absolute Gasteiger partial charge is 0.379 e. The maximum Gasteiger partial charge on any atom is 0.0661 e. The van der Waals surface area contributed by atoms with Gasteiger partial charge in [-0.25, -0.2) is 0 Å². The van der Waals surface area contributed by atoms with E-state index in [-0.39, 0.29) is 0 Å². The van der Waals surface area contributed by atoms with Gasteiger partial charge in [0.2, 0.25) is 0 Å². The summed E-state index contributed by atoms with van der Waals surface area (Å²) in [6.07, 6.45) is 2.20. The monoisotopic (exact) mass is 247 g/mol. The molecule has 0 saturated carbocycles. The molecule has 1 unspecified atom stereocenters. The zero-order valence-corrected chi connectivity index (χ0v) is 11.8. The van der Waals surface area contributed by atoms with Crippen LogP contribution in [-0.2, 0) is 17.6 Å². The molecule has 18 heavy (non-hydrogen) atoms. The Morgan fingerprint density at radius 3 is 2.94 bits per heavy atom. The van der Waals surface area contributed by atoms with Crippen molar-refractivity contribution in [3.05, 3.63) is 34.9 Å². The fourth-order valence-corrected chi connectivity index (χ4v) is 2.68. The minimum Gasteiger partial charge on any atom is -0.379 e. The van der Waals surface area contributed by atoms with Crippen molar-refractivity contribution >= 4 is 0 Å². The van der Waals surface area contributed by atoms with Crippen LogP contribution in [0.3, 0.4) is 0 Å². The van der Waals surface area contributed by atoms with E-state index < -0.39 is 0 Å². The van der Waals surface area contributed by atoms with Crippen LogP contribution in [-0.4, -0.2) is 19.8 Å². The Kier molecular flexibility index (Phi) is 4.79. The second-order valence-corrected chi connectivity index (χ2v) is 5.57. The summed E-state index contributed by atoms with van der Waals surface area (Å²) in [7, 11) is 0. The van der Waals surface area contributed by atoms with Crippen molar-refractivity contribution in [1.29, 1.82) is 0 Å². The van der Waals surface area contributed by atoms with Gasteiger partial charge in [0, 0.05) is 0 Å². The normalized spacial score (nSPS) is 19.7. The van der Waals surface area contributed by atoms with Crippen molar-refractivity contribution in [2.45, 2.75) is 39.7 Å². The zero-order valence-electron chi connectivity index (χ0n) is 11.8. The van der Waals surface area contributed by atoms with E-state index in [1.807, 2.05) is 0 Å². The van der Waals surface area contributed by atoms with E-state index in [2.05, 4.69) is 44.3 Å². The second kappa shape index (κ2) is 6.35. The molecule has 2 rings (SSSR count). The average molecular weight is 247 g/mol. The van der Waals surface area contributed by atoms with E-state index in [4.69, 9.17) is 4.74 Å². The zero-order chi connectivity index (χ0) is 13.0. The third kappa shape index (κ3) is 3.33. The Labute approximate surface area is 111 Å². The summed E-state index contributed by atoms with van der Waals surface area (Å²) in [6, 6.07) is 7.33. The molecule has 0 amide bonds. The van der Waals surface area contributed by atoms with Crippen LogP contribution in [0, 0.1) is 5.92 Å². The van der Waals surface area contributed by atoms with E-state index in [0.29, 0.717) is 12.0 Å². The number of rotatable bonds is 4. The lowest BCUT2D eigenvalue weighted by molar-refractivity contribution is 0.122. The topological polar surface area (TPSA) is 21.3 Å². The molecule has 0 spiro atoms. The molecule has 100 valence electrons. The third-order valence-corrected chi connectivity index (χ3v) is 3.48. The number of hydrogen-bond acceptors (Lipinski definition) is 2. The molecule has 1 aromatic carbocycles. The molecule has 1 N–H and O–H groups in total. The van der Waals surface area contributed by atoms with Gasteiger partial charge in [-0.05, 0) is 42.0 Å². The smallest absolute Gasteiger partial charge is 0.0661 e. The lowest BCUT2D eigenvalue weighted by atomic mass is 9.93. The van der Waals surface area contributed by atoms with Crippen LogP contribution in [0.25, 0.3) is 0 Å². The molecule has 0 fully saturated rings. The Hall–Kier alpha value is -0.860. The molecule has 0 aliphatic carbocycles. The lowest BCUT2D eigenvalue weighted by Crippen LogP contribution is -2.25. The Morgan fingerprint density at radius 1 is 1.39 bits per heavy atom. The number of ether oxygens (including phenoxy) is 1. The van der Waals surface area contributed by atoms with Crippen LogP contribution in [0.15, 0.2) is 18.2 Å². The van der Waals surface area contributed by atoms with Gasteiger partial charge in [0.15, 0.2) is 0 Å². The highest BCUT2D eigenvalue weighted by Gasteiger charge is 2.18. The number of hydrogen-bond donors (Lipinski definition) is 1. The number of nitrogens with one attached hydrogen (secondary N) is 1. The molecule has 0 bridgehead atoms. The summed E-state index contributed by atoms with van der Waals surface area (Å²) in [5.74, 6) is 0.711. The van der Waals surface area contributed by atoms with Crippen LogP contribution in [0.2, 0.25) is 0 Å². The van der Waals surface area contributed by atoms with Gasteiger partial charge in [-0.15, -0.1) is 0 Å². The van der Waals surface area contributed by atoms with Gasteiger partial charge in [-0.1, -0.05) is 39.0 Å². The highest BCUT2D eigenvalue weighted by Crippen LogP contribution is 2.25. The molecule has 1 aromatic rings. The van der Waals surface area contributed by atoms with Gasteiger partial charge < -0.3 is 10.1 Å². The first-order chi connectivity index (χ1) is 8.70. The maximum atomic E-state index is 5.70. The first kappa shape index (κ1) is 13.6. The molecule has 0 aromatic heterocycles. The van der Waals surface area contributed by atoms with Crippen LogP contribution >= 0.6 is 0 Å². The molecule has 1 atom stereocenters. The summed E-state index contributed by atoms with van der Waals surface area (Å²) >= 11 is 0. The van der Waals surface area contributed by atoms with Crippen molar-refractivity contribution in [2.24, 2.45) is 5.92 Å². The molecule has 2 heteroatoms. The average Bonchev–Trinajstić information content (AvgIpc) is 2.52. The highest BCUT2D eigenvalue weighted by atomic mass is 16.5. The van der Waals surface area contributed by atoms with E-state index in [9.17, 15) is 0 Å². The van der Waals surface area contributed by atoms with Crippen molar-refractivity contribution in [3.63, 3.8) is 0 Å². The summed E-state index contributed by atoms with van der Waals surface area (Å²) in [5.41, 5.74) is 4.35. The van der Waals surface area contributed by atoms with Crippen LogP contribution < -0.4 is 5.32 Å². The Balaban J connectivity index is 2.27. The Bertz CT molecular complexity index is 387. The predicted octanol–water partition coefficient (Wildman–Crippen LogP) is 3.11. The molecule has 2 nitrogen and oxygen atoms in total. The van der Waals surface area contributed by atoms with Crippen LogP contribution in [0.1, 0.15) is 43.5 Å². The number of fused-ring (bicyclic) bond motifs is 1. The molecule has 0 saturated heterocycles. The first-order valence-electron chi connectivity index (χ1n) is 7.13. The van der Waals surface area contributed by atoms with E-state index in [1.165, 1.54) is 16.7 Å². The van der Waals surface area contributed by atoms with E-state index in [0.717, 1.165) is 32.6 Å². The quantitative estimate of drug-likeness (QED) is 0.882. The van der Waals surface area contributed by atoms with Crippen molar-refractivity contribution in [2.75, 3.05) is 19.8 Å². The highest BCUT2D eigenvalue weighted by molar-refractivity contribution is 5.35. The van der Waals surface area contributed by atoms with Crippen molar-refractivity contribution in [3.8, 4) is 0 Å². The SMILES string of the molecule is CCNC1COCCc2ccc(CC(C)C)cc21. The standard InChI is InChI=1S/C16H25NO/c1-4-17-16-11-18-8-7-14-6-5-13(9-12(2)3)10-15(14)16/h5-6,10,12,16-17H,4,7-9,11H2,1-3H3. The summed E-state index contributed by atoms with van der Waals surface area (Å²) < 4.78 is 5.70. The molecule has 1 aliphatic heterocycles. The second-order valence-electron chi connectivity index (χ2n) is 5.57. The first-order valence-corrected chi connectivity index (χ1v) is 7.13. The lowest BCUT2D eigenvalue weighted by Gasteiger charge is -2.19. The van der Waals surface area contributed by atoms with E-state index in [1.54, 1.807) is 0 Å². The van der Waals surface area contributed by atoms with Gasteiger partial charge in [0.05, 0.1) is 19.3 Å². The molecule has 1 aliphatic rings. The maximum absolute atomic E-state index is 5.70. The van der Waals surface area contributed by atoms with Gasteiger partial charge in [-0.2, -0.15) is 0 Å². The molecular formula is C16H25NO. The molecular weight excluding hydrogens is 222 g/mol. The number of benzene rings is 1. The van der Waals surface area contributed by atoms with Gasteiger partial charge in [0.1, 0.15) is 0 Å². The van der Waals surface area contributed by atoms with Crippen molar-refractivity contribution < 1.29 is 4.74 Å². The van der Waals surface area contributed by atoms with E-state index >= 15 is 0 Å². The molecule has 1 heterocycles. The minimum atomic E-state index is 0.361. The summed E-state index contributed by atoms with van der Waals surface area (Å²) in [5, 5.41) is 3.54. The third-order valence-electron chi connectivity index (χ3n) is 3.48. The van der Waals surface area contributed by atoms with Gasteiger partial charge in [0.25, 0.3) is 0 Å². The minimum absolute atomic E-state index is 0.361. The summed E-state index contributed by atoms with van der Waals surface area (Å²) in [6.45, 7) is 9.34. The fraction of sp³-hybridized carbons (Fsp3) is 0.625. The Morgan fingerprint density at radius 2 is 2.22 bits per heavy atom. The van der Waals surface area contributed by atoms with Crippen molar-refractivity contribution in [1.82, 2.24) is 5.32 Å². The van der Waals surface area contributed by atoms with Crippen LogP contribution in [0.4, 0.5) is 0 Å². The fourth-order valence-electron chi connectivity index (χ4n) is 2.68. The predicted molar refractivity (Wildman–Crippen MR) is 75.9 cm³/mol. The van der Waals surface area contributed by atoms with Gasteiger partial charge >= 0.3 is 0 Å². The van der Waals surface area contributed by atoms with Crippen LogP contribution in [0.5, 0.6) is 0 Å².